The molecule has 0 saturated carbocycles. The maximum Gasteiger partial charge on any atom is 0.338 e. The number of aryl methyl sites for hydroxylation is 1. The molecule has 6 heteroatoms. The third-order valence-electron chi connectivity index (χ3n) is 2.54. The van der Waals surface area contributed by atoms with Gasteiger partial charge in [0.25, 0.3) is 0 Å². The summed E-state index contributed by atoms with van der Waals surface area (Å²) >= 11 is 1.57. The van der Waals surface area contributed by atoms with Crippen molar-refractivity contribution in [2.75, 3.05) is 0 Å². The molecule has 1 aromatic heterocycles. The molecule has 100 valence electrons. The fraction of sp³-hybridized carbons (Fsp3) is 0.231. The van der Waals surface area contributed by atoms with Crippen molar-refractivity contribution in [1.29, 1.82) is 0 Å². The van der Waals surface area contributed by atoms with Gasteiger partial charge in [0, 0.05) is 24.2 Å². The molecular weight excluding hydrogens is 267 g/mol. The van der Waals surface area contributed by atoms with Crippen molar-refractivity contribution in [3.05, 3.63) is 51.2 Å². The van der Waals surface area contributed by atoms with Crippen LogP contribution < -0.4 is 5.32 Å². The Kier molecular flexibility index (Phi) is 4.24. The van der Waals surface area contributed by atoms with Gasteiger partial charge in [-0.3, -0.25) is 0 Å². The summed E-state index contributed by atoms with van der Waals surface area (Å²) in [5.41, 5.74) is 1.38. The van der Waals surface area contributed by atoms with Gasteiger partial charge in [0.1, 0.15) is 10.8 Å². The SMILES string of the molecule is Cc1csc(CNCc2ccc(C(=O)O)c(F)c2)n1. The highest BCUT2D eigenvalue weighted by Gasteiger charge is 2.10. The Hall–Kier alpha value is -1.79. The van der Waals surface area contributed by atoms with E-state index in [1.165, 1.54) is 12.1 Å². The molecule has 2 rings (SSSR count). The summed E-state index contributed by atoms with van der Waals surface area (Å²) in [6.07, 6.45) is 0. The van der Waals surface area contributed by atoms with E-state index >= 15 is 0 Å². The Morgan fingerprint density at radius 2 is 2.26 bits per heavy atom. The Bertz CT molecular complexity index is 598. The van der Waals surface area contributed by atoms with Crippen LogP contribution in [-0.2, 0) is 13.1 Å². The van der Waals surface area contributed by atoms with E-state index in [2.05, 4.69) is 10.3 Å². The first-order valence-electron chi connectivity index (χ1n) is 5.69. The third-order valence-corrected chi connectivity index (χ3v) is 3.50. The minimum absolute atomic E-state index is 0.306. The number of nitrogens with zero attached hydrogens (tertiary/aromatic N) is 1. The van der Waals surface area contributed by atoms with Gasteiger partial charge in [-0.2, -0.15) is 0 Å². The number of rotatable bonds is 5. The Labute approximate surface area is 113 Å². The van der Waals surface area contributed by atoms with E-state index < -0.39 is 11.8 Å². The van der Waals surface area contributed by atoms with Gasteiger partial charge in [0.05, 0.1) is 5.56 Å². The lowest BCUT2D eigenvalue weighted by Crippen LogP contribution is -2.13. The quantitative estimate of drug-likeness (QED) is 0.883. The molecule has 0 saturated heterocycles. The molecule has 0 aliphatic rings. The molecule has 1 aromatic carbocycles. The molecule has 0 atom stereocenters. The number of carboxylic acid groups (broad SMARTS) is 1. The monoisotopic (exact) mass is 280 g/mol. The Morgan fingerprint density at radius 1 is 1.47 bits per heavy atom. The summed E-state index contributed by atoms with van der Waals surface area (Å²) in [5.74, 6) is -1.97. The van der Waals surface area contributed by atoms with Gasteiger partial charge in [-0.1, -0.05) is 6.07 Å². The molecule has 4 nitrogen and oxygen atoms in total. The number of aromatic nitrogens is 1. The summed E-state index contributed by atoms with van der Waals surface area (Å²) in [4.78, 5) is 15.0. The number of hydrogen-bond acceptors (Lipinski definition) is 4. The summed E-state index contributed by atoms with van der Waals surface area (Å²) in [6.45, 7) is 3.01. The van der Waals surface area contributed by atoms with Crippen LogP contribution in [0.5, 0.6) is 0 Å². The topological polar surface area (TPSA) is 62.2 Å². The molecular formula is C13H13FN2O2S. The normalized spacial score (nSPS) is 10.6. The van der Waals surface area contributed by atoms with E-state index in [4.69, 9.17) is 5.11 Å². The number of halogens is 1. The van der Waals surface area contributed by atoms with Gasteiger partial charge >= 0.3 is 5.97 Å². The second-order valence-electron chi connectivity index (χ2n) is 4.11. The second kappa shape index (κ2) is 5.90. The van der Waals surface area contributed by atoms with Crippen LogP contribution in [0.2, 0.25) is 0 Å². The maximum atomic E-state index is 13.4. The zero-order valence-electron chi connectivity index (χ0n) is 10.3. The van der Waals surface area contributed by atoms with E-state index in [-0.39, 0.29) is 5.56 Å². The van der Waals surface area contributed by atoms with E-state index in [0.29, 0.717) is 18.7 Å². The second-order valence-corrected chi connectivity index (χ2v) is 5.05. The summed E-state index contributed by atoms with van der Waals surface area (Å²) < 4.78 is 13.4. The highest BCUT2D eigenvalue weighted by molar-refractivity contribution is 7.09. The molecule has 0 bridgehead atoms. The zero-order chi connectivity index (χ0) is 13.8. The first kappa shape index (κ1) is 13.6. The minimum Gasteiger partial charge on any atom is -0.478 e. The molecule has 1 heterocycles. The van der Waals surface area contributed by atoms with Crippen LogP contribution in [-0.4, -0.2) is 16.1 Å². The predicted octanol–water partition coefficient (Wildman–Crippen LogP) is 2.58. The van der Waals surface area contributed by atoms with Gasteiger partial charge < -0.3 is 10.4 Å². The fourth-order valence-corrected chi connectivity index (χ4v) is 2.38. The molecule has 2 N–H and O–H groups in total. The molecule has 0 fully saturated rings. The van der Waals surface area contributed by atoms with E-state index in [0.717, 1.165) is 10.7 Å². The third kappa shape index (κ3) is 3.59. The summed E-state index contributed by atoms with van der Waals surface area (Å²) in [7, 11) is 0. The standard InChI is InChI=1S/C13H13FN2O2S/c1-8-7-19-12(16-8)6-15-5-9-2-3-10(13(17)18)11(14)4-9/h2-4,7,15H,5-6H2,1H3,(H,17,18). The first-order chi connectivity index (χ1) is 9.06. The smallest absolute Gasteiger partial charge is 0.338 e. The van der Waals surface area contributed by atoms with Crippen LogP contribution in [0.3, 0.4) is 0 Å². The van der Waals surface area contributed by atoms with Crippen molar-refractivity contribution in [3.8, 4) is 0 Å². The lowest BCUT2D eigenvalue weighted by molar-refractivity contribution is 0.0692. The van der Waals surface area contributed by atoms with Crippen LogP contribution >= 0.6 is 11.3 Å². The number of thiazole rings is 1. The van der Waals surface area contributed by atoms with Gasteiger partial charge in [0.2, 0.25) is 0 Å². The lowest BCUT2D eigenvalue weighted by Gasteiger charge is -2.04. The van der Waals surface area contributed by atoms with Crippen molar-refractivity contribution in [2.45, 2.75) is 20.0 Å². The molecule has 0 radical (unpaired) electrons. The van der Waals surface area contributed by atoms with Crippen LogP contribution in [0.15, 0.2) is 23.6 Å². The first-order valence-corrected chi connectivity index (χ1v) is 6.57. The number of nitrogens with one attached hydrogen (secondary N) is 1. The molecule has 2 aromatic rings. The van der Waals surface area contributed by atoms with Crippen molar-refractivity contribution >= 4 is 17.3 Å². The van der Waals surface area contributed by atoms with Crippen molar-refractivity contribution in [3.63, 3.8) is 0 Å². The fourth-order valence-electron chi connectivity index (χ4n) is 1.64. The molecule has 0 aliphatic heterocycles. The average molecular weight is 280 g/mol. The highest BCUT2D eigenvalue weighted by atomic mass is 32.1. The van der Waals surface area contributed by atoms with Gasteiger partial charge in [-0.25, -0.2) is 14.2 Å². The summed E-state index contributed by atoms with van der Waals surface area (Å²) in [6, 6.07) is 4.12. The molecule has 0 unspecified atom stereocenters. The largest absolute Gasteiger partial charge is 0.478 e. The van der Waals surface area contributed by atoms with Crippen LogP contribution in [0.25, 0.3) is 0 Å². The van der Waals surface area contributed by atoms with Gasteiger partial charge in [-0.15, -0.1) is 11.3 Å². The highest BCUT2D eigenvalue weighted by Crippen LogP contribution is 2.11. The Morgan fingerprint density at radius 3 is 2.84 bits per heavy atom. The molecule has 0 aliphatic carbocycles. The Balaban J connectivity index is 1.93. The number of carboxylic acids is 1. The molecule has 19 heavy (non-hydrogen) atoms. The van der Waals surface area contributed by atoms with Gasteiger partial charge in [-0.05, 0) is 24.6 Å². The number of benzene rings is 1. The molecule has 0 amide bonds. The number of aromatic carboxylic acids is 1. The minimum atomic E-state index is -1.25. The predicted molar refractivity (Wildman–Crippen MR) is 70.8 cm³/mol. The number of hydrogen-bond donors (Lipinski definition) is 2. The maximum absolute atomic E-state index is 13.4. The van der Waals surface area contributed by atoms with E-state index in [9.17, 15) is 9.18 Å². The average Bonchev–Trinajstić information content (AvgIpc) is 2.75. The van der Waals surface area contributed by atoms with Crippen molar-refractivity contribution in [2.24, 2.45) is 0 Å². The summed E-state index contributed by atoms with van der Waals surface area (Å²) in [5, 5.41) is 14.8. The van der Waals surface area contributed by atoms with E-state index in [1.807, 2.05) is 12.3 Å². The van der Waals surface area contributed by atoms with Gasteiger partial charge in [0.15, 0.2) is 0 Å². The van der Waals surface area contributed by atoms with Crippen molar-refractivity contribution in [1.82, 2.24) is 10.3 Å². The van der Waals surface area contributed by atoms with Crippen LogP contribution in [0.1, 0.15) is 26.6 Å². The van der Waals surface area contributed by atoms with Crippen molar-refractivity contribution < 1.29 is 14.3 Å². The zero-order valence-corrected chi connectivity index (χ0v) is 11.1. The number of carbonyl (C=O) groups is 1. The van der Waals surface area contributed by atoms with E-state index in [1.54, 1.807) is 17.4 Å². The van der Waals surface area contributed by atoms with Crippen LogP contribution in [0, 0.1) is 12.7 Å². The lowest BCUT2D eigenvalue weighted by atomic mass is 10.1. The molecule has 0 spiro atoms. The van der Waals surface area contributed by atoms with Crippen LogP contribution in [0.4, 0.5) is 4.39 Å².